The van der Waals surface area contributed by atoms with Crippen molar-refractivity contribution in [2.24, 2.45) is 5.73 Å². The van der Waals surface area contributed by atoms with Gasteiger partial charge in [-0.2, -0.15) is 0 Å². The Hall–Kier alpha value is -0.770. The van der Waals surface area contributed by atoms with E-state index >= 15 is 0 Å². The molecule has 0 saturated carbocycles. The second-order valence-electron chi connectivity index (χ2n) is 3.43. The van der Waals surface area contributed by atoms with Gasteiger partial charge in [-0.25, -0.2) is 0 Å². The van der Waals surface area contributed by atoms with Crippen molar-refractivity contribution in [3.05, 3.63) is 28.3 Å². The van der Waals surface area contributed by atoms with Crippen LogP contribution in [-0.4, -0.2) is 16.3 Å². The van der Waals surface area contributed by atoms with Crippen molar-refractivity contribution < 1.29 is 10.2 Å². The molecule has 0 heterocycles. The second-order valence-corrected chi connectivity index (χ2v) is 3.81. The Morgan fingerprint density at radius 3 is 2.50 bits per heavy atom. The van der Waals surface area contributed by atoms with Gasteiger partial charge in [-0.05, 0) is 25.5 Å². The molecule has 14 heavy (non-hydrogen) atoms. The summed E-state index contributed by atoms with van der Waals surface area (Å²) in [4.78, 5) is 0. The van der Waals surface area contributed by atoms with Crippen LogP contribution < -0.4 is 5.73 Å². The van der Waals surface area contributed by atoms with E-state index in [-0.39, 0.29) is 5.75 Å². The third-order valence-corrected chi connectivity index (χ3v) is 2.65. The zero-order valence-electron chi connectivity index (χ0n) is 8.16. The van der Waals surface area contributed by atoms with Gasteiger partial charge < -0.3 is 15.9 Å². The van der Waals surface area contributed by atoms with Gasteiger partial charge in [0.15, 0.2) is 0 Å². The van der Waals surface area contributed by atoms with Crippen LogP contribution >= 0.6 is 11.6 Å². The summed E-state index contributed by atoms with van der Waals surface area (Å²) in [5, 5.41) is 19.6. The number of hydrogen-bond acceptors (Lipinski definition) is 3. The number of aliphatic hydroxyl groups excluding tert-OH is 1. The van der Waals surface area contributed by atoms with Crippen LogP contribution in [0.4, 0.5) is 0 Å². The number of benzene rings is 1. The Morgan fingerprint density at radius 1 is 1.43 bits per heavy atom. The zero-order valence-corrected chi connectivity index (χ0v) is 8.92. The van der Waals surface area contributed by atoms with Crippen LogP contribution in [0, 0.1) is 6.92 Å². The van der Waals surface area contributed by atoms with Gasteiger partial charge in [0.25, 0.3) is 0 Å². The van der Waals surface area contributed by atoms with E-state index in [1.807, 2.05) is 0 Å². The summed E-state index contributed by atoms with van der Waals surface area (Å²) in [6.07, 6.45) is -0.942. The predicted molar refractivity (Wildman–Crippen MR) is 56.5 cm³/mol. The van der Waals surface area contributed by atoms with Gasteiger partial charge in [0, 0.05) is 11.6 Å². The van der Waals surface area contributed by atoms with E-state index in [9.17, 15) is 10.2 Å². The molecule has 0 amide bonds. The minimum absolute atomic E-state index is 0.0228. The van der Waals surface area contributed by atoms with Gasteiger partial charge in [-0.1, -0.05) is 17.7 Å². The molecular weight excluding hydrogens is 202 g/mol. The largest absolute Gasteiger partial charge is 0.508 e. The van der Waals surface area contributed by atoms with Crippen molar-refractivity contribution in [3.63, 3.8) is 0 Å². The summed E-state index contributed by atoms with van der Waals surface area (Å²) in [5.41, 5.74) is 6.65. The fourth-order valence-corrected chi connectivity index (χ4v) is 1.51. The first kappa shape index (κ1) is 11.3. The Bertz CT molecular complexity index is 339. The number of nitrogens with two attached hydrogens (primary N) is 1. The van der Waals surface area contributed by atoms with Crippen molar-refractivity contribution in [3.8, 4) is 5.75 Å². The number of hydrogen-bond donors (Lipinski definition) is 3. The Labute approximate surface area is 88.1 Å². The molecule has 78 valence electrons. The number of halogens is 1. The normalized spacial score (nSPS) is 15.2. The number of phenols is 1. The SMILES string of the molecule is Cc1ccc(O)c(C(O)C(C)N)c1Cl. The van der Waals surface area contributed by atoms with Gasteiger partial charge in [-0.15, -0.1) is 0 Å². The molecule has 3 nitrogen and oxygen atoms in total. The highest BCUT2D eigenvalue weighted by atomic mass is 35.5. The summed E-state index contributed by atoms with van der Waals surface area (Å²) in [7, 11) is 0. The molecule has 1 aromatic rings. The van der Waals surface area contributed by atoms with E-state index in [0.29, 0.717) is 10.6 Å². The lowest BCUT2D eigenvalue weighted by Gasteiger charge is -2.18. The maximum atomic E-state index is 9.71. The highest BCUT2D eigenvalue weighted by molar-refractivity contribution is 6.32. The highest BCUT2D eigenvalue weighted by Gasteiger charge is 2.20. The monoisotopic (exact) mass is 215 g/mol. The van der Waals surface area contributed by atoms with Gasteiger partial charge >= 0.3 is 0 Å². The van der Waals surface area contributed by atoms with E-state index in [4.69, 9.17) is 17.3 Å². The molecule has 4 heteroatoms. The molecule has 0 fully saturated rings. The first-order chi connectivity index (χ1) is 6.45. The summed E-state index contributed by atoms with van der Waals surface area (Å²) in [6, 6.07) is 2.72. The van der Waals surface area contributed by atoms with Crippen molar-refractivity contribution in [2.75, 3.05) is 0 Å². The lowest BCUT2D eigenvalue weighted by atomic mass is 10.0. The quantitative estimate of drug-likeness (QED) is 0.704. The number of rotatable bonds is 2. The number of aromatic hydroxyl groups is 1. The predicted octanol–water partition coefficient (Wildman–Crippen LogP) is 1.73. The lowest BCUT2D eigenvalue weighted by Crippen LogP contribution is -2.24. The van der Waals surface area contributed by atoms with Crippen molar-refractivity contribution >= 4 is 11.6 Å². The van der Waals surface area contributed by atoms with E-state index in [0.717, 1.165) is 5.56 Å². The molecular formula is C10H14ClNO2. The fourth-order valence-electron chi connectivity index (χ4n) is 1.24. The maximum absolute atomic E-state index is 9.71. The first-order valence-electron chi connectivity index (χ1n) is 4.36. The van der Waals surface area contributed by atoms with Gasteiger partial charge in [0.1, 0.15) is 5.75 Å². The zero-order chi connectivity index (χ0) is 10.9. The van der Waals surface area contributed by atoms with Crippen LogP contribution in [0.25, 0.3) is 0 Å². The van der Waals surface area contributed by atoms with E-state index in [1.165, 1.54) is 6.07 Å². The molecule has 1 aromatic carbocycles. The molecule has 0 aliphatic rings. The highest BCUT2D eigenvalue weighted by Crippen LogP contribution is 2.34. The average Bonchev–Trinajstić information content (AvgIpc) is 2.12. The van der Waals surface area contributed by atoms with Crippen LogP contribution in [0.1, 0.15) is 24.2 Å². The van der Waals surface area contributed by atoms with Crippen molar-refractivity contribution in [2.45, 2.75) is 26.0 Å². The topological polar surface area (TPSA) is 66.5 Å². The maximum Gasteiger partial charge on any atom is 0.122 e. The van der Waals surface area contributed by atoms with E-state index in [2.05, 4.69) is 0 Å². The van der Waals surface area contributed by atoms with Crippen LogP contribution in [0.15, 0.2) is 12.1 Å². The van der Waals surface area contributed by atoms with Crippen LogP contribution in [0.3, 0.4) is 0 Å². The molecule has 1 rings (SSSR count). The summed E-state index contributed by atoms with van der Waals surface area (Å²) < 4.78 is 0. The van der Waals surface area contributed by atoms with E-state index in [1.54, 1.807) is 19.9 Å². The molecule has 0 spiro atoms. The Kier molecular flexibility index (Phi) is 3.37. The Balaban J connectivity index is 3.25. The third-order valence-electron chi connectivity index (χ3n) is 2.14. The molecule has 4 N–H and O–H groups in total. The molecule has 2 atom stereocenters. The minimum atomic E-state index is -0.942. The summed E-state index contributed by atoms with van der Waals surface area (Å²) >= 11 is 5.96. The molecule has 0 bridgehead atoms. The lowest BCUT2D eigenvalue weighted by molar-refractivity contribution is 0.150. The third kappa shape index (κ3) is 2.00. The smallest absolute Gasteiger partial charge is 0.122 e. The van der Waals surface area contributed by atoms with Crippen LogP contribution in [-0.2, 0) is 0 Å². The average molecular weight is 216 g/mol. The van der Waals surface area contributed by atoms with E-state index < -0.39 is 12.1 Å². The minimum Gasteiger partial charge on any atom is -0.508 e. The van der Waals surface area contributed by atoms with Gasteiger partial charge in [0.05, 0.1) is 11.1 Å². The summed E-state index contributed by atoms with van der Waals surface area (Å²) in [5.74, 6) is -0.0228. The van der Waals surface area contributed by atoms with Crippen molar-refractivity contribution in [1.82, 2.24) is 0 Å². The van der Waals surface area contributed by atoms with Crippen LogP contribution in [0.5, 0.6) is 5.75 Å². The molecule has 0 radical (unpaired) electrons. The molecule has 0 aromatic heterocycles. The Morgan fingerprint density at radius 2 is 2.00 bits per heavy atom. The van der Waals surface area contributed by atoms with Gasteiger partial charge in [-0.3, -0.25) is 0 Å². The molecule has 0 saturated heterocycles. The fraction of sp³-hybridized carbons (Fsp3) is 0.400. The summed E-state index contributed by atoms with van der Waals surface area (Å²) in [6.45, 7) is 3.46. The number of aryl methyl sites for hydroxylation is 1. The van der Waals surface area contributed by atoms with Crippen LogP contribution in [0.2, 0.25) is 5.02 Å². The first-order valence-corrected chi connectivity index (χ1v) is 4.74. The van der Waals surface area contributed by atoms with Crippen molar-refractivity contribution in [1.29, 1.82) is 0 Å². The van der Waals surface area contributed by atoms with Gasteiger partial charge in [0.2, 0.25) is 0 Å². The second kappa shape index (κ2) is 4.17. The molecule has 2 unspecified atom stereocenters. The molecule has 0 aliphatic carbocycles. The number of aliphatic hydroxyl groups is 1. The standard InChI is InChI=1S/C10H14ClNO2/c1-5-3-4-7(13)8(9(5)11)10(14)6(2)12/h3-4,6,10,13-14H,12H2,1-2H3. The number of phenolic OH excluding ortho intramolecular Hbond substituents is 1. The molecule has 0 aliphatic heterocycles.